The van der Waals surface area contributed by atoms with Crippen LogP contribution in [-0.2, 0) is 15.9 Å². The summed E-state index contributed by atoms with van der Waals surface area (Å²) in [5.74, 6) is 0. The molecule has 0 bridgehead atoms. The average molecular weight is 353 g/mol. The summed E-state index contributed by atoms with van der Waals surface area (Å²) >= 11 is 0. The first-order chi connectivity index (χ1) is 12.2. The van der Waals surface area contributed by atoms with Gasteiger partial charge in [-0.3, -0.25) is 4.90 Å². The van der Waals surface area contributed by atoms with Crippen LogP contribution in [0.3, 0.4) is 0 Å². The zero-order valence-electron chi connectivity index (χ0n) is 15.6. The van der Waals surface area contributed by atoms with Gasteiger partial charge in [0.15, 0.2) is 0 Å². The molecule has 136 valence electrons. The summed E-state index contributed by atoms with van der Waals surface area (Å²) in [6.45, 7) is 8.23. The third-order valence-corrected chi connectivity index (χ3v) is 5.19. The molecule has 1 amide bonds. The van der Waals surface area contributed by atoms with Crippen LogP contribution < -0.4 is 10.4 Å². The van der Waals surface area contributed by atoms with Gasteiger partial charge in [-0.2, -0.15) is 0 Å². The average Bonchev–Trinajstić information content (AvgIpc) is 2.81. The SMILES string of the molecule is CC1(C)OB(c2ccccc2CN(C(=O)O)c2ccccc2)OC1(C)C. The lowest BCUT2D eigenvalue weighted by molar-refractivity contribution is 0.00578. The lowest BCUT2D eigenvalue weighted by atomic mass is 9.76. The second-order valence-electron chi connectivity index (χ2n) is 7.49. The maximum atomic E-state index is 11.8. The Hall–Kier alpha value is -2.31. The number of benzene rings is 2. The molecule has 2 aromatic carbocycles. The maximum Gasteiger partial charge on any atom is 0.495 e. The van der Waals surface area contributed by atoms with Gasteiger partial charge in [0, 0.05) is 5.69 Å². The summed E-state index contributed by atoms with van der Waals surface area (Å²) in [4.78, 5) is 13.1. The standard InChI is InChI=1S/C20H24BNO4/c1-19(2)20(3,4)26-21(25-19)17-13-9-8-10-15(17)14-22(18(23)24)16-11-6-5-7-12-16/h5-13H,14H2,1-4H3,(H,23,24). The molecule has 1 saturated heterocycles. The van der Waals surface area contributed by atoms with Crippen molar-refractivity contribution in [3.63, 3.8) is 0 Å². The molecule has 26 heavy (non-hydrogen) atoms. The van der Waals surface area contributed by atoms with Gasteiger partial charge < -0.3 is 14.4 Å². The van der Waals surface area contributed by atoms with E-state index < -0.39 is 24.4 Å². The predicted molar refractivity (Wildman–Crippen MR) is 103 cm³/mol. The molecule has 0 unspecified atom stereocenters. The molecule has 0 aromatic heterocycles. The van der Waals surface area contributed by atoms with E-state index in [0.29, 0.717) is 5.69 Å². The molecule has 6 heteroatoms. The molecule has 3 rings (SSSR count). The smallest absolute Gasteiger partial charge is 0.465 e. The first-order valence-electron chi connectivity index (χ1n) is 8.70. The van der Waals surface area contributed by atoms with E-state index in [1.165, 1.54) is 4.90 Å². The molecule has 1 aliphatic rings. The largest absolute Gasteiger partial charge is 0.495 e. The van der Waals surface area contributed by atoms with Crippen LogP contribution >= 0.6 is 0 Å². The van der Waals surface area contributed by atoms with Crippen molar-refractivity contribution in [2.24, 2.45) is 0 Å². The highest BCUT2D eigenvalue weighted by molar-refractivity contribution is 6.62. The normalized spacial score (nSPS) is 17.9. The van der Waals surface area contributed by atoms with Crippen molar-refractivity contribution >= 4 is 24.4 Å². The van der Waals surface area contributed by atoms with Gasteiger partial charge >= 0.3 is 13.2 Å². The molecule has 1 aliphatic heterocycles. The van der Waals surface area contributed by atoms with E-state index in [-0.39, 0.29) is 6.54 Å². The predicted octanol–water partition coefficient (Wildman–Crippen LogP) is 3.67. The van der Waals surface area contributed by atoms with Crippen LogP contribution in [0, 0.1) is 0 Å². The highest BCUT2D eigenvalue weighted by Gasteiger charge is 2.52. The van der Waals surface area contributed by atoms with Crippen LogP contribution in [0.25, 0.3) is 0 Å². The molecule has 0 radical (unpaired) electrons. The molecule has 0 saturated carbocycles. The van der Waals surface area contributed by atoms with Crippen molar-refractivity contribution in [2.45, 2.75) is 45.4 Å². The second kappa shape index (κ2) is 6.78. The number of amides is 1. The number of hydrogen-bond donors (Lipinski definition) is 1. The fourth-order valence-electron chi connectivity index (χ4n) is 2.93. The van der Waals surface area contributed by atoms with Gasteiger partial charge in [0.05, 0.1) is 17.7 Å². The summed E-state index contributed by atoms with van der Waals surface area (Å²) in [6, 6.07) is 16.7. The number of para-hydroxylation sites is 1. The Labute approximate surface area is 154 Å². The molecule has 1 heterocycles. The zero-order chi connectivity index (χ0) is 18.9. The zero-order valence-corrected chi connectivity index (χ0v) is 15.6. The topological polar surface area (TPSA) is 59.0 Å². The van der Waals surface area contributed by atoms with E-state index >= 15 is 0 Å². The summed E-state index contributed by atoms with van der Waals surface area (Å²) in [7, 11) is -0.525. The van der Waals surface area contributed by atoms with Gasteiger partial charge in [0.1, 0.15) is 0 Å². The molecule has 0 spiro atoms. The van der Waals surface area contributed by atoms with Crippen LogP contribution in [-0.4, -0.2) is 29.5 Å². The van der Waals surface area contributed by atoms with Gasteiger partial charge in [-0.1, -0.05) is 42.5 Å². The monoisotopic (exact) mass is 353 g/mol. The first-order valence-corrected chi connectivity index (χ1v) is 8.70. The van der Waals surface area contributed by atoms with E-state index in [1.807, 2.05) is 70.2 Å². The minimum Gasteiger partial charge on any atom is -0.465 e. The fourth-order valence-corrected chi connectivity index (χ4v) is 2.93. The molecule has 0 aliphatic carbocycles. The summed E-state index contributed by atoms with van der Waals surface area (Å²) in [6.07, 6.45) is -1.00. The van der Waals surface area contributed by atoms with Gasteiger partial charge in [-0.25, -0.2) is 4.79 Å². The number of carbonyl (C=O) groups is 1. The van der Waals surface area contributed by atoms with Crippen molar-refractivity contribution in [3.8, 4) is 0 Å². The van der Waals surface area contributed by atoms with Gasteiger partial charge in [-0.15, -0.1) is 0 Å². The van der Waals surface area contributed by atoms with Crippen molar-refractivity contribution in [3.05, 3.63) is 60.2 Å². The highest BCUT2D eigenvalue weighted by Crippen LogP contribution is 2.36. The summed E-state index contributed by atoms with van der Waals surface area (Å²) in [5, 5.41) is 9.67. The van der Waals surface area contributed by atoms with Crippen LogP contribution in [0.15, 0.2) is 54.6 Å². The number of rotatable bonds is 4. The van der Waals surface area contributed by atoms with Crippen molar-refractivity contribution in [1.82, 2.24) is 0 Å². The van der Waals surface area contributed by atoms with Gasteiger partial charge in [-0.05, 0) is 50.9 Å². The number of nitrogens with zero attached hydrogens (tertiary/aromatic N) is 1. The Morgan fingerprint density at radius 1 is 0.962 bits per heavy atom. The quantitative estimate of drug-likeness (QED) is 0.852. The van der Waals surface area contributed by atoms with Crippen molar-refractivity contribution in [2.75, 3.05) is 4.90 Å². The van der Waals surface area contributed by atoms with E-state index in [4.69, 9.17) is 9.31 Å². The Morgan fingerprint density at radius 3 is 2.08 bits per heavy atom. The third-order valence-electron chi connectivity index (χ3n) is 5.19. The molecule has 0 atom stereocenters. The molecule has 5 nitrogen and oxygen atoms in total. The van der Waals surface area contributed by atoms with Gasteiger partial charge in [0.25, 0.3) is 0 Å². The Kier molecular flexibility index (Phi) is 4.82. The Bertz CT molecular complexity index is 775. The molecule has 1 N–H and O–H groups in total. The first kappa shape index (κ1) is 18.5. The van der Waals surface area contributed by atoms with E-state index in [2.05, 4.69) is 0 Å². The van der Waals surface area contributed by atoms with E-state index in [1.54, 1.807) is 12.1 Å². The molecular formula is C20H24BNO4. The third kappa shape index (κ3) is 3.48. The fraction of sp³-hybridized carbons (Fsp3) is 0.350. The number of hydrogen-bond acceptors (Lipinski definition) is 3. The van der Waals surface area contributed by atoms with Crippen molar-refractivity contribution in [1.29, 1.82) is 0 Å². The van der Waals surface area contributed by atoms with Crippen LogP contribution in [0.2, 0.25) is 0 Å². The molecule has 1 fully saturated rings. The van der Waals surface area contributed by atoms with Crippen LogP contribution in [0.4, 0.5) is 10.5 Å². The van der Waals surface area contributed by atoms with Crippen molar-refractivity contribution < 1.29 is 19.2 Å². The highest BCUT2D eigenvalue weighted by atomic mass is 16.7. The summed E-state index contributed by atoms with van der Waals surface area (Å²) in [5.41, 5.74) is 1.45. The van der Waals surface area contributed by atoms with E-state index in [9.17, 15) is 9.90 Å². The Morgan fingerprint density at radius 2 is 1.50 bits per heavy atom. The maximum absolute atomic E-state index is 11.8. The lowest BCUT2D eigenvalue weighted by Gasteiger charge is -2.32. The minimum atomic E-state index is -1.00. The number of carboxylic acid groups (broad SMARTS) is 1. The van der Waals surface area contributed by atoms with Crippen LogP contribution in [0.1, 0.15) is 33.3 Å². The molecule has 2 aromatic rings. The van der Waals surface area contributed by atoms with Crippen LogP contribution in [0.5, 0.6) is 0 Å². The van der Waals surface area contributed by atoms with E-state index in [0.717, 1.165) is 11.0 Å². The summed E-state index contributed by atoms with van der Waals surface area (Å²) < 4.78 is 12.3. The lowest BCUT2D eigenvalue weighted by Crippen LogP contribution is -2.41. The molecular weight excluding hydrogens is 329 g/mol. The Balaban J connectivity index is 1.92. The number of anilines is 1. The minimum absolute atomic E-state index is 0.222. The second-order valence-corrected chi connectivity index (χ2v) is 7.49. The van der Waals surface area contributed by atoms with Gasteiger partial charge in [0.2, 0.25) is 0 Å².